The number of rotatable bonds is 1. The predicted octanol–water partition coefficient (Wildman–Crippen LogP) is 2.54. The van der Waals surface area contributed by atoms with Crippen molar-refractivity contribution in [3.63, 3.8) is 0 Å². The van der Waals surface area contributed by atoms with Gasteiger partial charge in [-0.05, 0) is 37.5 Å². The number of hydrogen-bond acceptors (Lipinski definition) is 2. The Morgan fingerprint density at radius 2 is 1.92 bits per heavy atom. The Balaban J connectivity index is 1.98. The molecule has 2 saturated carbocycles. The van der Waals surface area contributed by atoms with Gasteiger partial charge in [0.2, 0.25) is 0 Å². The second kappa shape index (κ2) is 3.75. The summed E-state index contributed by atoms with van der Waals surface area (Å²) in [5.74, 6) is 1.39. The Morgan fingerprint density at radius 1 is 1.23 bits per heavy atom. The maximum atomic E-state index is 10.8. The average molecular weight is 294 g/mol. The molecular formula is C10H15IO2. The van der Waals surface area contributed by atoms with E-state index in [1.165, 1.54) is 26.2 Å². The van der Waals surface area contributed by atoms with Crippen LogP contribution < -0.4 is 0 Å². The summed E-state index contributed by atoms with van der Waals surface area (Å²) in [6, 6.07) is 0. The van der Waals surface area contributed by atoms with Gasteiger partial charge in [-0.15, -0.1) is 0 Å². The van der Waals surface area contributed by atoms with Crippen LogP contribution in [-0.4, -0.2) is 16.0 Å². The first kappa shape index (κ1) is 9.74. The van der Waals surface area contributed by atoms with Gasteiger partial charge in [0.1, 0.15) is 6.10 Å². The number of esters is 1. The lowest BCUT2D eigenvalue weighted by Crippen LogP contribution is -2.22. The van der Waals surface area contributed by atoms with Crippen molar-refractivity contribution in [2.24, 2.45) is 11.8 Å². The zero-order valence-electron chi connectivity index (χ0n) is 7.83. The molecule has 0 saturated heterocycles. The molecule has 2 fully saturated rings. The quantitative estimate of drug-likeness (QED) is 0.422. The summed E-state index contributed by atoms with van der Waals surface area (Å²) in [6.07, 6.45) is 5.16. The second-order valence-electron chi connectivity index (χ2n) is 4.15. The van der Waals surface area contributed by atoms with Gasteiger partial charge in [-0.25, -0.2) is 0 Å². The van der Waals surface area contributed by atoms with Crippen molar-refractivity contribution in [2.45, 2.75) is 42.6 Å². The minimum atomic E-state index is -0.109. The SMILES string of the molecule is CC(=O)OC1CCC2C(I)CCC12. The zero-order valence-corrected chi connectivity index (χ0v) is 9.99. The molecule has 0 radical (unpaired) electrons. The minimum Gasteiger partial charge on any atom is -0.462 e. The summed E-state index contributed by atoms with van der Waals surface area (Å²) >= 11 is 2.55. The molecule has 0 aromatic rings. The van der Waals surface area contributed by atoms with E-state index >= 15 is 0 Å². The lowest BCUT2D eigenvalue weighted by molar-refractivity contribution is -0.148. The van der Waals surface area contributed by atoms with E-state index in [1.54, 1.807) is 0 Å². The van der Waals surface area contributed by atoms with Crippen LogP contribution in [0.25, 0.3) is 0 Å². The van der Waals surface area contributed by atoms with Crippen LogP contribution in [0.4, 0.5) is 0 Å². The molecule has 3 heteroatoms. The van der Waals surface area contributed by atoms with Gasteiger partial charge in [0.25, 0.3) is 0 Å². The molecule has 2 nitrogen and oxygen atoms in total. The van der Waals surface area contributed by atoms with E-state index in [-0.39, 0.29) is 12.1 Å². The molecule has 0 N–H and O–H groups in total. The van der Waals surface area contributed by atoms with E-state index in [2.05, 4.69) is 22.6 Å². The molecule has 2 aliphatic carbocycles. The third-order valence-corrected chi connectivity index (χ3v) is 4.92. The largest absolute Gasteiger partial charge is 0.462 e. The van der Waals surface area contributed by atoms with Gasteiger partial charge in [0.15, 0.2) is 0 Å². The highest BCUT2D eigenvalue weighted by Crippen LogP contribution is 2.48. The lowest BCUT2D eigenvalue weighted by Gasteiger charge is -2.18. The molecule has 0 aromatic heterocycles. The molecule has 0 amide bonds. The van der Waals surface area contributed by atoms with Gasteiger partial charge in [-0.2, -0.15) is 0 Å². The fourth-order valence-electron chi connectivity index (χ4n) is 2.83. The molecule has 0 spiro atoms. The lowest BCUT2D eigenvalue weighted by atomic mass is 9.99. The molecule has 4 atom stereocenters. The highest BCUT2D eigenvalue weighted by Gasteiger charge is 2.45. The average Bonchev–Trinajstić information content (AvgIpc) is 2.56. The Hall–Kier alpha value is 0.200. The first-order valence-electron chi connectivity index (χ1n) is 5.00. The summed E-state index contributed by atoms with van der Waals surface area (Å²) in [5.41, 5.74) is 0. The van der Waals surface area contributed by atoms with Crippen LogP contribution in [-0.2, 0) is 9.53 Å². The summed E-state index contributed by atoms with van der Waals surface area (Å²) < 4.78 is 6.15. The third-order valence-electron chi connectivity index (χ3n) is 3.37. The molecule has 2 aliphatic rings. The van der Waals surface area contributed by atoms with E-state index in [0.29, 0.717) is 5.92 Å². The van der Waals surface area contributed by atoms with Crippen molar-refractivity contribution in [1.29, 1.82) is 0 Å². The summed E-state index contributed by atoms with van der Waals surface area (Å²) in [4.78, 5) is 10.8. The number of fused-ring (bicyclic) bond motifs is 1. The maximum Gasteiger partial charge on any atom is 0.302 e. The van der Waals surface area contributed by atoms with Gasteiger partial charge < -0.3 is 4.74 Å². The normalized spacial score (nSPS) is 43.2. The van der Waals surface area contributed by atoms with Crippen molar-refractivity contribution >= 4 is 28.6 Å². The van der Waals surface area contributed by atoms with Crippen LogP contribution in [0.15, 0.2) is 0 Å². The molecule has 13 heavy (non-hydrogen) atoms. The van der Waals surface area contributed by atoms with Crippen molar-refractivity contribution in [3.05, 3.63) is 0 Å². The number of halogens is 1. The summed E-state index contributed by atoms with van der Waals surface area (Å²) in [5, 5.41) is 0. The number of hydrogen-bond donors (Lipinski definition) is 0. The van der Waals surface area contributed by atoms with Crippen LogP contribution in [0, 0.1) is 11.8 Å². The molecule has 4 unspecified atom stereocenters. The monoisotopic (exact) mass is 294 g/mol. The van der Waals surface area contributed by atoms with Gasteiger partial charge in [-0.1, -0.05) is 22.6 Å². The number of carbonyl (C=O) groups excluding carboxylic acids is 1. The minimum absolute atomic E-state index is 0.109. The van der Waals surface area contributed by atoms with Gasteiger partial charge in [-0.3, -0.25) is 4.79 Å². The third kappa shape index (κ3) is 1.85. The number of alkyl halides is 1. The summed E-state index contributed by atoms with van der Waals surface area (Å²) in [6.45, 7) is 1.52. The molecule has 0 heterocycles. The van der Waals surface area contributed by atoms with E-state index in [4.69, 9.17) is 4.74 Å². The molecule has 2 rings (SSSR count). The van der Waals surface area contributed by atoms with Gasteiger partial charge in [0, 0.05) is 10.8 Å². The smallest absolute Gasteiger partial charge is 0.302 e. The Labute approximate surface area is 92.5 Å². The van der Waals surface area contributed by atoms with E-state index < -0.39 is 0 Å². The fraction of sp³-hybridized carbons (Fsp3) is 0.900. The van der Waals surface area contributed by atoms with E-state index in [9.17, 15) is 4.79 Å². The van der Waals surface area contributed by atoms with Crippen molar-refractivity contribution < 1.29 is 9.53 Å². The number of ether oxygens (including phenoxy) is 1. The van der Waals surface area contributed by atoms with Crippen molar-refractivity contribution in [1.82, 2.24) is 0 Å². The molecule has 0 aliphatic heterocycles. The first-order chi connectivity index (χ1) is 6.18. The van der Waals surface area contributed by atoms with Crippen LogP contribution >= 0.6 is 22.6 Å². The molecule has 0 aromatic carbocycles. The second-order valence-corrected chi connectivity index (χ2v) is 5.75. The van der Waals surface area contributed by atoms with Crippen LogP contribution in [0.2, 0.25) is 0 Å². The fourth-order valence-corrected chi connectivity index (χ4v) is 4.09. The zero-order chi connectivity index (χ0) is 9.42. The predicted molar refractivity (Wildman–Crippen MR) is 58.8 cm³/mol. The van der Waals surface area contributed by atoms with E-state index in [1.807, 2.05) is 0 Å². The highest BCUT2D eigenvalue weighted by atomic mass is 127. The summed E-state index contributed by atoms with van der Waals surface area (Å²) in [7, 11) is 0. The molecule has 0 bridgehead atoms. The van der Waals surface area contributed by atoms with Crippen molar-refractivity contribution in [3.8, 4) is 0 Å². The number of carbonyl (C=O) groups is 1. The molecule has 74 valence electrons. The Morgan fingerprint density at radius 3 is 2.62 bits per heavy atom. The van der Waals surface area contributed by atoms with Crippen LogP contribution in [0.1, 0.15) is 32.6 Å². The van der Waals surface area contributed by atoms with E-state index in [0.717, 1.165) is 16.3 Å². The van der Waals surface area contributed by atoms with Crippen LogP contribution in [0.5, 0.6) is 0 Å². The standard InChI is InChI=1S/C10H15IO2/c1-6(12)13-10-5-3-7-8(10)2-4-9(7)11/h7-10H,2-5H2,1H3. The first-order valence-corrected chi connectivity index (χ1v) is 6.24. The molecular weight excluding hydrogens is 279 g/mol. The van der Waals surface area contributed by atoms with Gasteiger partial charge in [0.05, 0.1) is 0 Å². The van der Waals surface area contributed by atoms with Crippen LogP contribution in [0.3, 0.4) is 0 Å². The Bertz CT molecular complexity index is 217. The Kier molecular flexibility index (Phi) is 2.81. The maximum absolute atomic E-state index is 10.8. The van der Waals surface area contributed by atoms with Crippen molar-refractivity contribution in [2.75, 3.05) is 0 Å². The highest BCUT2D eigenvalue weighted by molar-refractivity contribution is 14.1. The topological polar surface area (TPSA) is 26.3 Å². The van der Waals surface area contributed by atoms with Gasteiger partial charge >= 0.3 is 5.97 Å².